The van der Waals surface area contributed by atoms with Crippen LogP contribution in [-0.4, -0.2) is 55.5 Å². The molecule has 6 heteroatoms. The Balaban J connectivity index is 2.89. The first-order chi connectivity index (χ1) is 5.97. The fourth-order valence-corrected chi connectivity index (χ4v) is 2.75. The molecular weight excluding hydrogens is 194 g/mol. The Hall–Kier alpha value is -0.620. The highest BCUT2D eigenvalue weighted by Gasteiger charge is 2.31. The first-order valence-electron chi connectivity index (χ1n) is 4.04. The van der Waals surface area contributed by atoms with Gasteiger partial charge in [0.2, 0.25) is 5.91 Å². The molecule has 1 aliphatic heterocycles. The predicted molar refractivity (Wildman–Crippen MR) is 46.9 cm³/mol. The number of rotatable bonds is 1. The van der Waals surface area contributed by atoms with E-state index in [0.717, 1.165) is 0 Å². The molecule has 1 amide bonds. The first kappa shape index (κ1) is 10.5. The molecule has 0 aromatic rings. The van der Waals surface area contributed by atoms with Gasteiger partial charge in [-0.25, -0.2) is 8.42 Å². The van der Waals surface area contributed by atoms with Crippen LogP contribution in [0.25, 0.3) is 0 Å². The van der Waals surface area contributed by atoms with Crippen LogP contribution in [0.1, 0.15) is 6.42 Å². The quantitative estimate of drug-likeness (QED) is 0.575. The van der Waals surface area contributed by atoms with Gasteiger partial charge in [0.05, 0.1) is 12.4 Å². The Morgan fingerprint density at radius 3 is 2.77 bits per heavy atom. The smallest absolute Gasteiger partial charge is 0.223 e. The molecular formula is C7H13NO4S. The van der Waals surface area contributed by atoms with E-state index < -0.39 is 21.7 Å². The van der Waals surface area contributed by atoms with Gasteiger partial charge in [-0.2, -0.15) is 0 Å². The van der Waals surface area contributed by atoms with Crippen molar-refractivity contribution in [1.82, 2.24) is 4.90 Å². The van der Waals surface area contributed by atoms with Crippen molar-refractivity contribution in [3.05, 3.63) is 0 Å². The highest BCUT2D eigenvalue weighted by atomic mass is 32.2. The first-order valence-corrected chi connectivity index (χ1v) is 5.75. The van der Waals surface area contributed by atoms with Gasteiger partial charge in [-0.1, -0.05) is 0 Å². The minimum atomic E-state index is -3.29. The van der Waals surface area contributed by atoms with Crippen molar-refractivity contribution >= 4 is 15.7 Å². The van der Waals surface area contributed by atoms with Crippen LogP contribution in [0.3, 0.4) is 0 Å². The Morgan fingerprint density at radius 1 is 1.62 bits per heavy atom. The lowest BCUT2D eigenvalue weighted by Crippen LogP contribution is -2.36. The Bertz CT molecular complexity index is 298. The van der Waals surface area contributed by atoms with E-state index in [1.807, 2.05) is 0 Å². The maximum Gasteiger partial charge on any atom is 0.223 e. The van der Waals surface area contributed by atoms with Crippen LogP contribution in [0.5, 0.6) is 0 Å². The third-order valence-electron chi connectivity index (χ3n) is 2.22. The van der Waals surface area contributed by atoms with Crippen molar-refractivity contribution < 1.29 is 18.3 Å². The van der Waals surface area contributed by atoms with Crippen LogP contribution < -0.4 is 0 Å². The Kier molecular flexibility index (Phi) is 2.92. The minimum Gasteiger partial charge on any atom is -0.395 e. The number of aliphatic hydroxyl groups is 1. The van der Waals surface area contributed by atoms with Crippen molar-refractivity contribution in [3.8, 4) is 0 Å². The van der Waals surface area contributed by atoms with E-state index in [1.54, 1.807) is 7.05 Å². The summed E-state index contributed by atoms with van der Waals surface area (Å²) in [5.41, 5.74) is 0. The van der Waals surface area contributed by atoms with Crippen molar-refractivity contribution in [1.29, 1.82) is 0 Å². The van der Waals surface area contributed by atoms with Crippen LogP contribution in [0.15, 0.2) is 0 Å². The molecule has 1 unspecified atom stereocenters. The molecule has 0 aromatic heterocycles. The Morgan fingerprint density at radius 2 is 2.23 bits per heavy atom. The summed E-state index contributed by atoms with van der Waals surface area (Å²) in [6.07, 6.45) is 0.0231. The number of amides is 1. The molecule has 1 fully saturated rings. The summed E-state index contributed by atoms with van der Waals surface area (Å²) in [7, 11) is -1.74. The van der Waals surface area contributed by atoms with Crippen LogP contribution >= 0.6 is 0 Å². The molecule has 1 saturated heterocycles. The molecule has 76 valence electrons. The zero-order chi connectivity index (χ0) is 10.1. The summed E-state index contributed by atoms with van der Waals surface area (Å²) in [6, 6.07) is 0. The molecule has 1 atom stereocenters. The van der Waals surface area contributed by atoms with Gasteiger partial charge in [-0.3, -0.25) is 4.79 Å². The number of nitrogens with zero attached hydrogens (tertiary/aromatic N) is 1. The minimum absolute atomic E-state index is 0.0231. The van der Waals surface area contributed by atoms with Crippen molar-refractivity contribution in [2.24, 2.45) is 0 Å². The molecule has 5 nitrogen and oxygen atoms in total. The zero-order valence-corrected chi connectivity index (χ0v) is 8.25. The lowest BCUT2D eigenvalue weighted by Gasteiger charge is -2.17. The van der Waals surface area contributed by atoms with Gasteiger partial charge in [0.25, 0.3) is 0 Å². The number of carbonyl (C=O) groups is 1. The number of hydrogen-bond acceptors (Lipinski definition) is 4. The summed E-state index contributed by atoms with van der Waals surface area (Å²) in [5, 5.41) is 8.02. The van der Waals surface area contributed by atoms with E-state index in [2.05, 4.69) is 0 Å². The van der Waals surface area contributed by atoms with Gasteiger partial charge >= 0.3 is 0 Å². The van der Waals surface area contributed by atoms with Crippen molar-refractivity contribution in [3.63, 3.8) is 0 Å². The van der Waals surface area contributed by atoms with E-state index in [1.165, 1.54) is 4.90 Å². The van der Waals surface area contributed by atoms with Gasteiger partial charge in [-0.05, 0) is 0 Å². The van der Waals surface area contributed by atoms with Crippen LogP contribution in [0, 0.1) is 0 Å². The molecule has 0 saturated carbocycles. The lowest BCUT2D eigenvalue weighted by atomic mass is 10.3. The third kappa shape index (κ3) is 2.19. The van der Waals surface area contributed by atoms with Crippen LogP contribution in [-0.2, 0) is 14.6 Å². The fourth-order valence-electron chi connectivity index (χ4n) is 1.28. The van der Waals surface area contributed by atoms with Gasteiger partial charge in [0, 0.05) is 20.0 Å². The number of aliphatic hydroxyl groups excluding tert-OH is 1. The monoisotopic (exact) mass is 207 g/mol. The molecule has 1 N–H and O–H groups in total. The summed E-state index contributed by atoms with van der Waals surface area (Å²) >= 11 is 0. The summed E-state index contributed by atoms with van der Waals surface area (Å²) in [6.45, 7) is -0.322. The second-order valence-corrected chi connectivity index (χ2v) is 5.60. The molecule has 0 aliphatic carbocycles. The van der Waals surface area contributed by atoms with E-state index in [0.29, 0.717) is 0 Å². The van der Waals surface area contributed by atoms with Gasteiger partial charge in [0.1, 0.15) is 5.25 Å². The average molecular weight is 207 g/mol. The molecule has 1 rings (SSSR count). The predicted octanol–water partition coefficient (Wildman–Crippen LogP) is -1.38. The second kappa shape index (κ2) is 3.63. The maximum absolute atomic E-state index is 11.4. The molecule has 0 bridgehead atoms. The van der Waals surface area contributed by atoms with Gasteiger partial charge < -0.3 is 10.0 Å². The van der Waals surface area contributed by atoms with Crippen molar-refractivity contribution in [2.75, 3.05) is 26.0 Å². The summed E-state index contributed by atoms with van der Waals surface area (Å²) in [4.78, 5) is 12.5. The topological polar surface area (TPSA) is 74.7 Å². The Labute approximate surface area is 77.3 Å². The lowest BCUT2D eigenvalue weighted by molar-refractivity contribution is -0.129. The van der Waals surface area contributed by atoms with E-state index in [-0.39, 0.29) is 24.6 Å². The molecule has 0 spiro atoms. The van der Waals surface area contributed by atoms with Crippen LogP contribution in [0.4, 0.5) is 0 Å². The molecule has 1 heterocycles. The van der Waals surface area contributed by atoms with Crippen LogP contribution in [0.2, 0.25) is 0 Å². The maximum atomic E-state index is 11.4. The largest absolute Gasteiger partial charge is 0.395 e. The molecule has 13 heavy (non-hydrogen) atoms. The summed E-state index contributed by atoms with van der Waals surface area (Å²) < 4.78 is 22.8. The standard InChI is InChI=1S/C7H13NO4S/c1-8-4-6(5-9)13(11,12)3-2-7(8)10/h6,9H,2-5H2,1H3. The normalized spacial score (nSPS) is 28.6. The van der Waals surface area contributed by atoms with Crippen molar-refractivity contribution in [2.45, 2.75) is 11.7 Å². The highest BCUT2D eigenvalue weighted by molar-refractivity contribution is 7.92. The molecule has 1 aliphatic rings. The second-order valence-electron chi connectivity index (χ2n) is 3.20. The van der Waals surface area contributed by atoms with E-state index in [9.17, 15) is 13.2 Å². The van der Waals surface area contributed by atoms with Gasteiger partial charge in [0.15, 0.2) is 9.84 Å². The fraction of sp³-hybridized carbons (Fsp3) is 0.857. The zero-order valence-electron chi connectivity index (χ0n) is 7.43. The SMILES string of the molecule is CN1CC(CO)S(=O)(=O)CCC1=O. The molecule has 0 radical (unpaired) electrons. The van der Waals surface area contributed by atoms with Gasteiger partial charge in [-0.15, -0.1) is 0 Å². The number of hydrogen-bond donors (Lipinski definition) is 1. The number of sulfone groups is 1. The highest BCUT2D eigenvalue weighted by Crippen LogP contribution is 2.11. The number of carbonyl (C=O) groups excluding carboxylic acids is 1. The third-order valence-corrected chi connectivity index (χ3v) is 4.30. The van der Waals surface area contributed by atoms with E-state index in [4.69, 9.17) is 5.11 Å². The molecule has 0 aromatic carbocycles. The average Bonchev–Trinajstić information content (AvgIpc) is 2.16. The van der Waals surface area contributed by atoms with E-state index >= 15 is 0 Å². The summed E-state index contributed by atoms with van der Waals surface area (Å²) in [5.74, 6) is -0.332.